The summed E-state index contributed by atoms with van der Waals surface area (Å²) in [6.45, 7) is 6.24. The van der Waals surface area contributed by atoms with E-state index in [4.69, 9.17) is 14.7 Å². The quantitative estimate of drug-likeness (QED) is 0.188. The number of imidazole rings is 1. The van der Waals surface area contributed by atoms with E-state index in [0.29, 0.717) is 28.2 Å². The number of carbonyl (C=O) groups is 2. The van der Waals surface area contributed by atoms with Gasteiger partial charge in [-0.1, -0.05) is 36.4 Å². The number of benzene rings is 2. The summed E-state index contributed by atoms with van der Waals surface area (Å²) in [5.74, 6) is 2.60. The fourth-order valence-electron chi connectivity index (χ4n) is 8.99. The minimum Gasteiger partial charge on any atom is -0.457 e. The molecule has 4 aliphatic rings. The molecular formula is C38H42N4O3. The van der Waals surface area contributed by atoms with Crippen molar-refractivity contribution in [1.82, 2.24) is 15.0 Å². The number of rotatable bonds is 9. The van der Waals surface area contributed by atoms with Crippen LogP contribution in [-0.4, -0.2) is 26.8 Å². The van der Waals surface area contributed by atoms with E-state index in [9.17, 15) is 9.59 Å². The van der Waals surface area contributed by atoms with Gasteiger partial charge in [0.15, 0.2) is 0 Å². The zero-order valence-corrected chi connectivity index (χ0v) is 26.5. The standard InChI is InChI=1S/C38H42N4O3/c1-23-14-24(2)39-25(3)33(23)35-41-32(12-13-38-19-27-15-28(20-38)17-29(16-27)21-38)34(42-35)36(43)40-31-11-7-10-30(18-31)37(44)45-22-26-8-5-4-6-9-26/h4-11,14,18,27-29H,12-13,15-17,19-22H2,1-3H3,(H,40,43)(H,41,42). The number of anilines is 1. The molecular weight excluding hydrogens is 560 g/mol. The normalized spacial score (nSPS) is 23.2. The zero-order chi connectivity index (χ0) is 31.1. The number of carbonyl (C=O) groups excluding carboxylic acids is 2. The highest BCUT2D eigenvalue weighted by Crippen LogP contribution is 2.61. The molecule has 0 radical (unpaired) electrons. The van der Waals surface area contributed by atoms with Crippen LogP contribution in [0.25, 0.3) is 11.4 Å². The van der Waals surface area contributed by atoms with Crippen LogP contribution in [0.2, 0.25) is 0 Å². The number of aryl methyl sites for hydroxylation is 4. The molecule has 2 aromatic carbocycles. The van der Waals surface area contributed by atoms with E-state index in [0.717, 1.165) is 64.4 Å². The van der Waals surface area contributed by atoms with Crippen LogP contribution in [0.1, 0.15) is 94.0 Å². The van der Waals surface area contributed by atoms with Gasteiger partial charge in [0, 0.05) is 28.3 Å². The van der Waals surface area contributed by atoms with Crippen LogP contribution < -0.4 is 5.32 Å². The van der Waals surface area contributed by atoms with E-state index in [1.165, 1.54) is 38.5 Å². The van der Waals surface area contributed by atoms with Gasteiger partial charge in [0.25, 0.3) is 5.91 Å². The van der Waals surface area contributed by atoms with Crippen LogP contribution in [0.3, 0.4) is 0 Å². The minimum atomic E-state index is -0.439. The van der Waals surface area contributed by atoms with Crippen LogP contribution in [0, 0.1) is 43.9 Å². The molecule has 0 saturated heterocycles. The molecule has 2 heterocycles. The Kier molecular flexibility index (Phi) is 7.80. The van der Waals surface area contributed by atoms with Crippen molar-refractivity contribution in [2.24, 2.45) is 23.2 Å². The lowest BCUT2D eigenvalue weighted by Crippen LogP contribution is -2.46. The third kappa shape index (κ3) is 6.18. The second-order valence-corrected chi connectivity index (χ2v) is 14.0. The monoisotopic (exact) mass is 602 g/mol. The lowest BCUT2D eigenvalue weighted by atomic mass is 9.48. The Labute approximate surface area is 265 Å². The highest BCUT2D eigenvalue weighted by Gasteiger charge is 2.50. The first-order chi connectivity index (χ1) is 21.7. The third-order valence-electron chi connectivity index (χ3n) is 10.4. The summed E-state index contributed by atoms with van der Waals surface area (Å²) in [7, 11) is 0. The number of ether oxygens (including phenoxy) is 1. The number of aromatic amines is 1. The van der Waals surface area contributed by atoms with Crippen molar-refractivity contribution in [2.75, 3.05) is 5.32 Å². The van der Waals surface area contributed by atoms with Gasteiger partial charge in [-0.05, 0) is 131 Å². The summed E-state index contributed by atoms with van der Waals surface area (Å²) in [4.78, 5) is 39.9. The maximum atomic E-state index is 13.9. The van der Waals surface area contributed by atoms with Crippen LogP contribution >= 0.6 is 0 Å². The predicted octanol–water partition coefficient (Wildman–Crippen LogP) is 8.16. The summed E-state index contributed by atoms with van der Waals surface area (Å²) in [6.07, 6.45) is 10.1. The van der Waals surface area contributed by atoms with E-state index in [1.807, 2.05) is 44.2 Å². The average molecular weight is 603 g/mol. The highest BCUT2D eigenvalue weighted by atomic mass is 16.5. The molecule has 4 fully saturated rings. The van der Waals surface area contributed by atoms with Crippen molar-refractivity contribution in [2.45, 2.75) is 78.7 Å². The predicted molar refractivity (Wildman–Crippen MR) is 175 cm³/mol. The van der Waals surface area contributed by atoms with E-state index >= 15 is 0 Å². The van der Waals surface area contributed by atoms with E-state index in [-0.39, 0.29) is 12.5 Å². The lowest BCUT2D eigenvalue weighted by molar-refractivity contribution is -0.0570. The maximum Gasteiger partial charge on any atom is 0.338 e. The molecule has 4 bridgehead atoms. The second-order valence-electron chi connectivity index (χ2n) is 14.0. The summed E-state index contributed by atoms with van der Waals surface area (Å²) >= 11 is 0. The number of hydrogen-bond donors (Lipinski definition) is 2. The molecule has 0 atom stereocenters. The molecule has 0 aliphatic heterocycles. The van der Waals surface area contributed by atoms with Gasteiger partial charge in [0.05, 0.1) is 5.56 Å². The molecule has 7 heteroatoms. The van der Waals surface area contributed by atoms with Crippen LogP contribution in [0.5, 0.6) is 0 Å². The van der Waals surface area contributed by atoms with E-state index in [2.05, 4.69) is 23.3 Å². The zero-order valence-electron chi connectivity index (χ0n) is 26.5. The fraction of sp³-hybridized carbons (Fsp3) is 0.421. The van der Waals surface area contributed by atoms with Crippen molar-refractivity contribution in [1.29, 1.82) is 0 Å². The average Bonchev–Trinajstić information content (AvgIpc) is 3.42. The molecule has 4 aliphatic carbocycles. The van der Waals surface area contributed by atoms with Crippen molar-refractivity contribution >= 4 is 17.6 Å². The summed E-state index contributed by atoms with van der Waals surface area (Å²) in [5, 5.41) is 3.02. The van der Waals surface area contributed by atoms with Gasteiger partial charge in [0.1, 0.15) is 18.1 Å². The van der Waals surface area contributed by atoms with E-state index < -0.39 is 5.97 Å². The van der Waals surface area contributed by atoms with Gasteiger partial charge in [-0.2, -0.15) is 0 Å². The first-order valence-electron chi connectivity index (χ1n) is 16.4. The van der Waals surface area contributed by atoms with Gasteiger partial charge in [-0.25, -0.2) is 9.78 Å². The Morgan fingerprint density at radius 1 is 0.911 bits per heavy atom. The van der Waals surface area contributed by atoms with Crippen molar-refractivity contribution < 1.29 is 14.3 Å². The molecule has 1 amide bonds. The summed E-state index contributed by atoms with van der Waals surface area (Å²) in [6, 6.07) is 18.5. The lowest BCUT2D eigenvalue weighted by Gasteiger charge is -2.57. The molecule has 4 aromatic rings. The SMILES string of the molecule is Cc1cc(C)c(-c2nc(C(=O)Nc3cccc(C(=O)OCc4ccccc4)c3)c(CCC34CC5CC(CC(C5)C3)C4)[nH]2)c(C)n1. The third-order valence-corrected chi connectivity index (χ3v) is 10.4. The Bertz CT molecular complexity index is 1680. The van der Waals surface area contributed by atoms with Crippen LogP contribution in [0.4, 0.5) is 5.69 Å². The molecule has 232 valence electrons. The number of pyridine rings is 1. The van der Waals surface area contributed by atoms with Crippen molar-refractivity contribution in [3.05, 3.63) is 100 Å². The molecule has 0 unspecified atom stereocenters. The smallest absolute Gasteiger partial charge is 0.338 e. The van der Waals surface area contributed by atoms with Gasteiger partial charge < -0.3 is 15.0 Å². The first kappa shape index (κ1) is 29.5. The van der Waals surface area contributed by atoms with Gasteiger partial charge in [-0.3, -0.25) is 9.78 Å². The van der Waals surface area contributed by atoms with Crippen LogP contribution in [0.15, 0.2) is 60.7 Å². The number of nitrogens with one attached hydrogen (secondary N) is 2. The van der Waals surface area contributed by atoms with Gasteiger partial charge in [-0.15, -0.1) is 0 Å². The van der Waals surface area contributed by atoms with Gasteiger partial charge in [0.2, 0.25) is 0 Å². The topological polar surface area (TPSA) is 97.0 Å². The Hall–Kier alpha value is -4.26. The molecule has 7 nitrogen and oxygen atoms in total. The van der Waals surface area contributed by atoms with Crippen LogP contribution in [-0.2, 0) is 17.8 Å². The van der Waals surface area contributed by atoms with E-state index in [1.54, 1.807) is 24.3 Å². The minimum absolute atomic E-state index is 0.187. The van der Waals surface area contributed by atoms with Gasteiger partial charge >= 0.3 is 5.97 Å². The number of amides is 1. The number of aromatic nitrogens is 3. The molecule has 8 rings (SSSR count). The Morgan fingerprint density at radius 3 is 2.31 bits per heavy atom. The van der Waals surface area contributed by atoms with Crippen molar-refractivity contribution in [3.8, 4) is 11.4 Å². The Balaban J connectivity index is 1.13. The molecule has 45 heavy (non-hydrogen) atoms. The van der Waals surface area contributed by atoms with Crippen molar-refractivity contribution in [3.63, 3.8) is 0 Å². The number of hydrogen-bond acceptors (Lipinski definition) is 5. The first-order valence-corrected chi connectivity index (χ1v) is 16.4. The largest absolute Gasteiger partial charge is 0.457 e. The Morgan fingerprint density at radius 2 is 1.62 bits per heavy atom. The molecule has 0 spiro atoms. The highest BCUT2D eigenvalue weighted by molar-refractivity contribution is 6.04. The molecule has 2 aromatic heterocycles. The molecule has 4 saturated carbocycles. The second kappa shape index (κ2) is 11.9. The molecule has 2 N–H and O–H groups in total. The number of nitrogens with zero attached hydrogens (tertiary/aromatic N) is 2. The maximum absolute atomic E-state index is 13.9. The number of esters is 1. The fourth-order valence-corrected chi connectivity index (χ4v) is 8.99. The number of H-pyrrole nitrogens is 1. The summed E-state index contributed by atoms with van der Waals surface area (Å²) < 4.78 is 5.52. The summed E-state index contributed by atoms with van der Waals surface area (Å²) in [5.41, 5.74) is 7.36.